The van der Waals surface area contributed by atoms with Gasteiger partial charge in [-0.05, 0) is 216 Å². The van der Waals surface area contributed by atoms with Crippen molar-refractivity contribution in [1.29, 1.82) is 0 Å². The molecule has 17 heteroatoms. The molecule has 0 unspecified atom stereocenters. The summed E-state index contributed by atoms with van der Waals surface area (Å²) in [4.78, 5) is 3.49. The largest absolute Gasteiger partial charge is 0.455 e. The molecule has 23 rings (SSSR count). The molecule has 17 aromatic carbocycles. The molecule has 119 heavy (non-hydrogen) atoms. The topological polar surface area (TPSA) is 111 Å². The zero-order valence-electron chi connectivity index (χ0n) is 63.0. The first-order chi connectivity index (χ1) is 58.3. The van der Waals surface area contributed by atoms with E-state index >= 15 is 0 Å². The molecule has 0 amide bonds. The van der Waals surface area contributed by atoms with Gasteiger partial charge in [0, 0.05) is 97.3 Å². The van der Waals surface area contributed by atoms with Crippen LogP contribution >= 0.6 is 133 Å². The molecule has 0 bridgehead atoms. The molecular formula is C102H67Br5Cl2IN4O4P. The second-order valence-corrected chi connectivity index (χ2v) is 36.0. The summed E-state index contributed by atoms with van der Waals surface area (Å²) < 4.78 is 33.1. The highest BCUT2D eigenvalue weighted by molar-refractivity contribution is 14.1. The maximum Gasteiger partial charge on any atom is 0.161 e. The van der Waals surface area contributed by atoms with E-state index in [1.165, 1.54) is 46.5 Å². The number of nitrogens with one attached hydrogen (secondary N) is 2. The zero-order chi connectivity index (χ0) is 81.5. The van der Waals surface area contributed by atoms with Gasteiger partial charge in [-0.3, -0.25) is 0 Å². The molecular weight excluding hydrogens is 1970 g/mol. The van der Waals surface area contributed by atoms with Crippen LogP contribution in [0.1, 0.15) is 0 Å². The van der Waals surface area contributed by atoms with Crippen molar-refractivity contribution in [3.8, 4) is 5.69 Å². The molecule has 23 aromatic rings. The summed E-state index contributed by atoms with van der Waals surface area (Å²) in [5.74, 6) is 0. The smallest absolute Gasteiger partial charge is 0.161 e. The number of nitrogens with zero attached hydrogens (tertiary/aromatic N) is 1. The molecule has 0 spiro atoms. The van der Waals surface area contributed by atoms with Gasteiger partial charge in [-0.25, -0.2) is 0 Å². The van der Waals surface area contributed by atoms with Crippen LogP contribution in [0.5, 0.6) is 0 Å². The first-order valence-corrected chi connectivity index (χ1v) is 45.1. The maximum atomic E-state index is 6.39. The molecule has 8 nitrogen and oxygen atoms in total. The number of nitrogens with two attached hydrogens (primary N) is 1. The number of benzene rings is 17. The first-order valence-electron chi connectivity index (χ1n) is 37.9. The van der Waals surface area contributed by atoms with E-state index in [-0.39, 0.29) is 0 Å². The fourth-order valence-corrected chi connectivity index (χ4v) is 20.4. The van der Waals surface area contributed by atoms with Crippen molar-refractivity contribution >= 4 is 298 Å². The molecule has 580 valence electrons. The summed E-state index contributed by atoms with van der Waals surface area (Å²) in [6.45, 7) is 0. The van der Waals surface area contributed by atoms with E-state index in [2.05, 4.69) is 329 Å². The van der Waals surface area contributed by atoms with Gasteiger partial charge in [0.25, 0.3) is 0 Å². The van der Waals surface area contributed by atoms with Gasteiger partial charge in [0.2, 0.25) is 0 Å². The van der Waals surface area contributed by atoms with Crippen LogP contribution in [0.15, 0.2) is 422 Å². The van der Waals surface area contributed by atoms with Gasteiger partial charge in [0.1, 0.15) is 22.3 Å². The minimum Gasteiger partial charge on any atom is -0.455 e. The van der Waals surface area contributed by atoms with Crippen molar-refractivity contribution < 1.29 is 17.7 Å². The zero-order valence-corrected chi connectivity index (χ0v) is 75.5. The van der Waals surface area contributed by atoms with Gasteiger partial charge in [-0.1, -0.05) is 316 Å². The summed E-state index contributed by atoms with van der Waals surface area (Å²) in [6.07, 6.45) is 0. The van der Waals surface area contributed by atoms with Crippen LogP contribution in [-0.2, 0) is 0 Å². The van der Waals surface area contributed by atoms with Crippen LogP contribution in [0.4, 0.5) is 17.1 Å². The van der Waals surface area contributed by atoms with Crippen LogP contribution in [0.3, 0.4) is 0 Å². The number of hydrogen-bond donors (Lipinski definition) is 3. The Hall–Kier alpha value is -10.7. The molecule has 0 fully saturated rings. The predicted molar refractivity (Wildman–Crippen MR) is 532 cm³/mol. The number of nitrogen functional groups attached to an aromatic ring is 1. The van der Waals surface area contributed by atoms with Crippen LogP contribution in [-0.4, -0.2) is 9.55 Å². The molecule has 0 saturated carbocycles. The van der Waals surface area contributed by atoms with E-state index in [9.17, 15) is 0 Å². The van der Waals surface area contributed by atoms with Gasteiger partial charge in [-0.2, -0.15) is 0 Å². The number of aromatic nitrogens is 2. The molecule has 0 aliphatic heterocycles. The number of aromatic amines is 1. The average Bonchev–Trinajstić information content (AvgIpc) is 1.56. The Bertz CT molecular complexity index is 7440. The fraction of sp³-hybridized carbons (Fsp3) is 0. The first kappa shape index (κ1) is 80.7. The van der Waals surface area contributed by atoms with Crippen molar-refractivity contribution in [1.82, 2.24) is 9.55 Å². The summed E-state index contributed by atoms with van der Waals surface area (Å²) in [6, 6.07) is 130. The van der Waals surface area contributed by atoms with E-state index in [0.29, 0.717) is 15.7 Å². The van der Waals surface area contributed by atoms with Crippen LogP contribution in [0.2, 0.25) is 10.0 Å². The van der Waals surface area contributed by atoms with Crippen molar-refractivity contribution in [2.24, 2.45) is 0 Å². The Morgan fingerprint density at radius 3 is 1.22 bits per heavy atom. The quantitative estimate of drug-likeness (QED) is 0.0869. The Balaban J connectivity index is 0.000000103. The van der Waals surface area contributed by atoms with Gasteiger partial charge in [0.05, 0.1) is 48.1 Å². The van der Waals surface area contributed by atoms with Gasteiger partial charge >= 0.3 is 0 Å². The minimum atomic E-state index is -0.446. The second-order valence-electron chi connectivity index (χ2n) is 27.5. The van der Waals surface area contributed by atoms with E-state index in [4.69, 9.17) is 46.6 Å². The lowest BCUT2D eigenvalue weighted by Crippen LogP contribution is -2.20. The summed E-state index contributed by atoms with van der Waals surface area (Å²) in [7, 11) is -0.446. The van der Waals surface area contributed by atoms with Crippen molar-refractivity contribution in [3.05, 3.63) is 418 Å². The SMILES string of the molecule is Brc1cc2c3ccccc3[nH]c2c2oc3ccccc3c12.Brc1cc2c3ccccc3n(-c3ccccc3)c2c2oc3ccccc3c12.Brc1ccc(Br)c2c1oc1ccccc12.Clc1ccccc1Nc1ccc(Br)c2c1oc1ccccc12.Ic1ccccc1.Nc1ccccc1Cl.c1ccc(P(c2ccccc2)c2ccccc2)cc1. The van der Waals surface area contributed by atoms with Crippen LogP contribution < -0.4 is 27.0 Å². The highest BCUT2D eigenvalue weighted by Gasteiger charge is 2.23. The number of anilines is 3. The summed E-state index contributed by atoms with van der Waals surface area (Å²) in [5.41, 5.74) is 20.5. The lowest BCUT2D eigenvalue weighted by molar-refractivity contribution is 0.666. The average molecular weight is 2040 g/mol. The monoisotopic (exact) mass is 2030 g/mol. The van der Waals surface area contributed by atoms with Gasteiger partial charge < -0.3 is 38.3 Å². The number of halogens is 8. The highest BCUT2D eigenvalue weighted by Crippen LogP contribution is 2.47. The third kappa shape index (κ3) is 17.2. The number of rotatable bonds is 6. The maximum absolute atomic E-state index is 6.39. The van der Waals surface area contributed by atoms with Crippen molar-refractivity contribution in [3.63, 3.8) is 0 Å². The molecule has 0 atom stereocenters. The Morgan fingerprint density at radius 1 is 0.319 bits per heavy atom. The standard InChI is InChI=1S/C24H14BrNO.C18H11BrClNO.C18H10BrNO.C18H15P.C12H6Br2O.C6H6ClN.C6H5I/c25-19-14-18-16-10-4-6-12-20(16)26(15-8-2-1-3-9-15)23(18)24-22(19)17-11-5-7-13-21(17)27-24;19-12-9-10-15(21-14-7-3-2-6-13(14)20)18-17(12)11-5-1-4-8-16(11)22-18;19-13-9-12-10-5-1-3-7-14(10)20-17(12)18-16(13)11-6-2-4-8-15(11)21-18;1-4-10-16(11-5-1)19(17-12-6-2-7-13-17)18-14-8-3-9-15-18;13-8-5-6-9(14)12-11(8)7-3-1-2-4-10(7)15-12;7-5-3-1-2-4-6(5)8;7-6-4-2-1-3-5-6/h1-14H;1-10,21H;1-9,20H;1-15H;1-6H;1-4H,8H2;1-5H. The normalized spacial score (nSPS) is 11.1. The number of furan rings is 4. The lowest BCUT2D eigenvalue weighted by Gasteiger charge is -2.18. The Morgan fingerprint density at radius 2 is 0.706 bits per heavy atom. The van der Waals surface area contributed by atoms with Gasteiger partial charge in [0.15, 0.2) is 22.3 Å². The van der Waals surface area contributed by atoms with E-state index in [1.54, 1.807) is 12.1 Å². The molecule has 0 aliphatic carbocycles. The minimum absolute atomic E-state index is 0.446. The summed E-state index contributed by atoms with van der Waals surface area (Å²) >= 11 is 32.3. The van der Waals surface area contributed by atoms with Crippen molar-refractivity contribution in [2.75, 3.05) is 11.1 Å². The third-order valence-electron chi connectivity index (χ3n) is 20.1. The second kappa shape index (κ2) is 36.9. The van der Waals surface area contributed by atoms with E-state index in [1.807, 2.05) is 158 Å². The summed E-state index contributed by atoms with van der Waals surface area (Å²) in [5, 5.41) is 22.6. The van der Waals surface area contributed by atoms with Crippen LogP contribution in [0, 0.1) is 3.57 Å². The van der Waals surface area contributed by atoms with E-state index < -0.39 is 7.92 Å². The molecule has 6 aromatic heterocycles. The molecule has 0 saturated heterocycles. The lowest BCUT2D eigenvalue weighted by atomic mass is 10.1. The number of para-hydroxylation sites is 9. The third-order valence-corrected chi connectivity index (χ3v) is 27.1. The molecule has 0 aliphatic rings. The molecule has 0 radical (unpaired) electrons. The van der Waals surface area contributed by atoms with E-state index in [0.717, 1.165) is 144 Å². The van der Waals surface area contributed by atoms with Crippen LogP contribution in [0.25, 0.3) is 137 Å². The highest BCUT2D eigenvalue weighted by atomic mass is 127. The Kier molecular flexibility index (Phi) is 25.0. The number of hydrogen-bond acceptors (Lipinski definition) is 6. The molecule has 4 N–H and O–H groups in total. The fourth-order valence-electron chi connectivity index (χ4n) is 14.7. The van der Waals surface area contributed by atoms with Crippen molar-refractivity contribution in [2.45, 2.75) is 0 Å². The Labute approximate surface area is 752 Å². The van der Waals surface area contributed by atoms with Gasteiger partial charge in [-0.15, -0.1) is 0 Å². The number of fused-ring (bicyclic) bond motifs is 20. The number of H-pyrrole nitrogens is 1. The molecule has 6 heterocycles. The predicted octanol–water partition coefficient (Wildman–Crippen LogP) is 32.9.